The number of rotatable bonds is 7. The van der Waals surface area contributed by atoms with Crippen LogP contribution in [0.3, 0.4) is 0 Å². The first-order chi connectivity index (χ1) is 9.38. The third-order valence-electron chi connectivity index (χ3n) is 3.92. The highest BCUT2D eigenvalue weighted by Crippen LogP contribution is 2.29. The van der Waals surface area contributed by atoms with Crippen LogP contribution in [0.2, 0.25) is 0 Å². The third-order valence-corrected chi connectivity index (χ3v) is 3.92. The van der Waals surface area contributed by atoms with E-state index in [1.807, 2.05) is 0 Å². The summed E-state index contributed by atoms with van der Waals surface area (Å²) in [5, 5.41) is 19.1. The van der Waals surface area contributed by atoms with Gasteiger partial charge in [-0.1, -0.05) is 6.92 Å². The Bertz CT molecular complexity index is 438. The molecule has 114 valence electrons. The van der Waals surface area contributed by atoms with Crippen molar-refractivity contribution in [3.8, 4) is 5.75 Å². The van der Waals surface area contributed by atoms with E-state index in [0.717, 1.165) is 25.2 Å². The summed E-state index contributed by atoms with van der Waals surface area (Å²) in [6.45, 7) is 10.7. The molecule has 1 aromatic rings. The van der Waals surface area contributed by atoms with E-state index in [1.165, 1.54) is 22.3 Å². The van der Waals surface area contributed by atoms with Crippen LogP contribution in [0.5, 0.6) is 5.75 Å². The summed E-state index contributed by atoms with van der Waals surface area (Å²) in [7, 11) is 0. The smallest absolute Gasteiger partial charge is 0.122 e. The number of ether oxygens (including phenoxy) is 1. The van der Waals surface area contributed by atoms with Crippen molar-refractivity contribution in [3.05, 3.63) is 28.3 Å². The van der Waals surface area contributed by atoms with E-state index in [1.54, 1.807) is 6.92 Å². The zero-order valence-corrected chi connectivity index (χ0v) is 13.4. The van der Waals surface area contributed by atoms with E-state index in [9.17, 15) is 10.2 Å². The van der Waals surface area contributed by atoms with Gasteiger partial charge in [-0.05, 0) is 75.3 Å². The number of aryl methyl sites for hydroxylation is 1. The minimum Gasteiger partial charge on any atom is -0.493 e. The van der Waals surface area contributed by atoms with Crippen LogP contribution < -0.4 is 4.74 Å². The van der Waals surface area contributed by atoms with Crippen LogP contribution in [0, 0.1) is 20.8 Å². The van der Waals surface area contributed by atoms with Gasteiger partial charge in [-0.3, -0.25) is 0 Å². The maximum atomic E-state index is 9.73. The molecule has 0 aliphatic heterocycles. The summed E-state index contributed by atoms with van der Waals surface area (Å²) >= 11 is 0. The Balaban J connectivity index is 2.90. The Morgan fingerprint density at radius 2 is 1.80 bits per heavy atom. The lowest BCUT2D eigenvalue weighted by Crippen LogP contribution is -2.23. The molecule has 0 heterocycles. The Hall–Kier alpha value is -1.06. The molecule has 0 aliphatic rings. The normalized spacial score (nSPS) is 14.2. The van der Waals surface area contributed by atoms with Crippen molar-refractivity contribution >= 4 is 0 Å². The summed E-state index contributed by atoms with van der Waals surface area (Å²) in [4.78, 5) is 0. The number of hydrogen-bond acceptors (Lipinski definition) is 3. The summed E-state index contributed by atoms with van der Waals surface area (Å²) in [6, 6.07) is 2.09. The van der Waals surface area contributed by atoms with Crippen LogP contribution in [0.4, 0.5) is 0 Å². The van der Waals surface area contributed by atoms with Gasteiger partial charge in [-0.15, -0.1) is 0 Å². The maximum Gasteiger partial charge on any atom is 0.122 e. The van der Waals surface area contributed by atoms with Crippen molar-refractivity contribution in [3.63, 3.8) is 0 Å². The first-order valence-electron chi connectivity index (χ1n) is 7.47. The third kappa shape index (κ3) is 4.22. The van der Waals surface area contributed by atoms with Gasteiger partial charge in [0.25, 0.3) is 0 Å². The van der Waals surface area contributed by atoms with Crippen LogP contribution in [-0.4, -0.2) is 29.0 Å². The lowest BCUT2D eigenvalue weighted by molar-refractivity contribution is 0.0264. The van der Waals surface area contributed by atoms with Gasteiger partial charge in [0.05, 0.1) is 18.8 Å². The van der Waals surface area contributed by atoms with Crippen molar-refractivity contribution in [2.45, 2.75) is 66.1 Å². The van der Waals surface area contributed by atoms with Crippen LogP contribution >= 0.6 is 0 Å². The Labute approximate surface area is 122 Å². The lowest BCUT2D eigenvalue weighted by Gasteiger charge is -2.19. The Kier molecular flexibility index (Phi) is 6.50. The summed E-state index contributed by atoms with van der Waals surface area (Å²) in [5.74, 6) is 0.960. The van der Waals surface area contributed by atoms with Crippen LogP contribution in [0.25, 0.3) is 0 Å². The van der Waals surface area contributed by atoms with Gasteiger partial charge in [0.15, 0.2) is 0 Å². The number of hydrogen-bond donors (Lipinski definition) is 2. The molecule has 0 saturated heterocycles. The Morgan fingerprint density at radius 1 is 1.15 bits per heavy atom. The number of aliphatic hydroxyl groups excluding tert-OH is 2. The highest BCUT2D eigenvalue weighted by molar-refractivity contribution is 5.48. The van der Waals surface area contributed by atoms with Gasteiger partial charge in [0.2, 0.25) is 0 Å². The molecular weight excluding hydrogens is 252 g/mol. The average molecular weight is 280 g/mol. The number of aliphatic hydroxyl groups is 2. The summed E-state index contributed by atoms with van der Waals surface area (Å²) in [5.41, 5.74) is 4.85. The SMILES string of the molecule is CCCOc1cc(C)c(CCC(O)C(C)O)c(C)c1C. The standard InChI is InChI=1S/C17H28O3/c1-6-9-20-17-10-11(2)15(12(3)13(17)4)7-8-16(19)14(5)18/h10,14,16,18-19H,6-9H2,1-5H3. The van der Waals surface area contributed by atoms with E-state index >= 15 is 0 Å². The van der Waals surface area contributed by atoms with E-state index in [-0.39, 0.29) is 0 Å². The molecule has 3 heteroatoms. The molecule has 0 saturated carbocycles. The fraction of sp³-hybridized carbons (Fsp3) is 0.647. The highest BCUT2D eigenvalue weighted by Gasteiger charge is 2.15. The molecule has 2 unspecified atom stereocenters. The van der Waals surface area contributed by atoms with E-state index < -0.39 is 12.2 Å². The summed E-state index contributed by atoms with van der Waals surface area (Å²) < 4.78 is 5.78. The monoisotopic (exact) mass is 280 g/mol. The van der Waals surface area contributed by atoms with Gasteiger partial charge in [0.1, 0.15) is 5.75 Å². The second kappa shape index (κ2) is 7.65. The highest BCUT2D eigenvalue weighted by atomic mass is 16.5. The average Bonchev–Trinajstić information content (AvgIpc) is 2.40. The first-order valence-corrected chi connectivity index (χ1v) is 7.47. The fourth-order valence-corrected chi connectivity index (χ4v) is 2.38. The molecule has 3 nitrogen and oxygen atoms in total. The zero-order chi connectivity index (χ0) is 15.3. The van der Waals surface area contributed by atoms with Crippen molar-refractivity contribution in [1.29, 1.82) is 0 Å². The predicted octanol–water partition coefficient (Wildman–Crippen LogP) is 3.07. The molecule has 0 spiro atoms. The quantitative estimate of drug-likeness (QED) is 0.807. The van der Waals surface area contributed by atoms with Crippen LogP contribution in [0.1, 0.15) is 48.9 Å². The number of benzene rings is 1. The molecule has 0 fully saturated rings. The molecule has 0 radical (unpaired) electrons. The topological polar surface area (TPSA) is 49.7 Å². The minimum atomic E-state index is -0.677. The first kappa shape index (κ1) is 17.0. The second-order valence-electron chi connectivity index (χ2n) is 5.62. The van der Waals surface area contributed by atoms with Gasteiger partial charge >= 0.3 is 0 Å². The van der Waals surface area contributed by atoms with Gasteiger partial charge in [-0.2, -0.15) is 0 Å². The maximum absolute atomic E-state index is 9.73. The van der Waals surface area contributed by atoms with E-state index in [2.05, 4.69) is 33.8 Å². The molecule has 0 amide bonds. The largest absolute Gasteiger partial charge is 0.493 e. The Morgan fingerprint density at radius 3 is 2.35 bits per heavy atom. The molecule has 0 bridgehead atoms. The second-order valence-corrected chi connectivity index (χ2v) is 5.62. The van der Waals surface area contributed by atoms with Crippen molar-refractivity contribution in [1.82, 2.24) is 0 Å². The van der Waals surface area contributed by atoms with Gasteiger partial charge in [0, 0.05) is 0 Å². The molecule has 1 aromatic carbocycles. The van der Waals surface area contributed by atoms with Gasteiger partial charge in [-0.25, -0.2) is 0 Å². The summed E-state index contributed by atoms with van der Waals surface area (Å²) in [6.07, 6.45) is 1.01. The minimum absolute atomic E-state index is 0.577. The molecular formula is C17H28O3. The van der Waals surface area contributed by atoms with Crippen molar-refractivity contribution in [2.75, 3.05) is 6.61 Å². The molecule has 2 atom stereocenters. The molecule has 0 aliphatic carbocycles. The fourth-order valence-electron chi connectivity index (χ4n) is 2.38. The van der Waals surface area contributed by atoms with Crippen molar-refractivity contribution in [2.24, 2.45) is 0 Å². The van der Waals surface area contributed by atoms with Crippen molar-refractivity contribution < 1.29 is 14.9 Å². The molecule has 1 rings (SSSR count). The molecule has 2 N–H and O–H groups in total. The van der Waals surface area contributed by atoms with Gasteiger partial charge < -0.3 is 14.9 Å². The zero-order valence-electron chi connectivity index (χ0n) is 13.4. The predicted molar refractivity (Wildman–Crippen MR) is 82.4 cm³/mol. The van der Waals surface area contributed by atoms with E-state index in [4.69, 9.17) is 4.74 Å². The van der Waals surface area contributed by atoms with E-state index in [0.29, 0.717) is 6.42 Å². The van der Waals surface area contributed by atoms with Crippen LogP contribution in [0.15, 0.2) is 6.07 Å². The van der Waals surface area contributed by atoms with Crippen LogP contribution in [-0.2, 0) is 6.42 Å². The molecule has 0 aromatic heterocycles. The molecule has 20 heavy (non-hydrogen) atoms. The lowest BCUT2D eigenvalue weighted by atomic mass is 9.92.